The van der Waals surface area contributed by atoms with Crippen molar-refractivity contribution >= 4 is 0 Å². The average molecular weight is 227 g/mol. The fraction of sp³-hybridized carbons (Fsp3) is 0.846. The maximum absolute atomic E-state index is 5.49. The van der Waals surface area contributed by atoms with Gasteiger partial charge in [0.05, 0.1) is 13.2 Å². The molecule has 0 aromatic heterocycles. The van der Waals surface area contributed by atoms with Crippen molar-refractivity contribution in [3.63, 3.8) is 0 Å². The highest BCUT2D eigenvalue weighted by atomic mass is 16.5. The lowest BCUT2D eigenvalue weighted by atomic mass is 9.98. The minimum atomic E-state index is 0.632. The van der Waals surface area contributed by atoms with E-state index in [-0.39, 0.29) is 0 Å². The van der Waals surface area contributed by atoms with Crippen LogP contribution in [-0.4, -0.2) is 40.0 Å². The molecule has 0 radical (unpaired) electrons. The van der Waals surface area contributed by atoms with Crippen molar-refractivity contribution in [2.75, 3.05) is 40.0 Å². The van der Waals surface area contributed by atoms with Crippen LogP contribution in [0.2, 0.25) is 0 Å². The van der Waals surface area contributed by atoms with Gasteiger partial charge in [-0.15, -0.1) is 0 Å². The molecule has 3 heteroatoms. The summed E-state index contributed by atoms with van der Waals surface area (Å²) in [6.45, 7) is 6.75. The van der Waals surface area contributed by atoms with Crippen LogP contribution in [0.5, 0.6) is 0 Å². The average Bonchev–Trinajstić information content (AvgIpc) is 2.34. The van der Waals surface area contributed by atoms with E-state index in [2.05, 4.69) is 18.3 Å². The molecule has 1 N–H and O–H groups in total. The van der Waals surface area contributed by atoms with Crippen molar-refractivity contribution in [2.24, 2.45) is 5.92 Å². The predicted molar refractivity (Wildman–Crippen MR) is 66.7 cm³/mol. The van der Waals surface area contributed by atoms with Crippen molar-refractivity contribution in [2.45, 2.75) is 26.2 Å². The van der Waals surface area contributed by atoms with Gasteiger partial charge in [-0.05, 0) is 19.3 Å². The van der Waals surface area contributed by atoms with Crippen LogP contribution in [0.1, 0.15) is 26.2 Å². The van der Waals surface area contributed by atoms with Crippen LogP contribution in [0.15, 0.2) is 11.6 Å². The smallest absolute Gasteiger partial charge is 0.0587 e. The molecule has 1 atom stereocenters. The van der Waals surface area contributed by atoms with E-state index in [1.807, 2.05) is 0 Å². The zero-order valence-electron chi connectivity index (χ0n) is 10.6. The van der Waals surface area contributed by atoms with Gasteiger partial charge in [-0.2, -0.15) is 0 Å². The Morgan fingerprint density at radius 3 is 3.06 bits per heavy atom. The summed E-state index contributed by atoms with van der Waals surface area (Å²) in [6.07, 6.45) is 6.01. The van der Waals surface area contributed by atoms with Gasteiger partial charge in [-0.3, -0.25) is 0 Å². The first-order valence-corrected chi connectivity index (χ1v) is 6.33. The van der Waals surface area contributed by atoms with Crippen molar-refractivity contribution in [3.05, 3.63) is 11.6 Å². The molecule has 1 rings (SSSR count). The maximum atomic E-state index is 5.49. The minimum Gasteiger partial charge on any atom is -0.383 e. The van der Waals surface area contributed by atoms with Crippen LogP contribution >= 0.6 is 0 Å². The molecule has 0 aliphatic carbocycles. The molecule has 1 fully saturated rings. The summed E-state index contributed by atoms with van der Waals surface area (Å²) in [5.41, 5.74) is 1.49. The highest BCUT2D eigenvalue weighted by Gasteiger charge is 2.11. The molecule has 1 aliphatic heterocycles. The zero-order valence-corrected chi connectivity index (χ0v) is 10.6. The van der Waals surface area contributed by atoms with E-state index in [0.29, 0.717) is 5.92 Å². The monoisotopic (exact) mass is 227 g/mol. The van der Waals surface area contributed by atoms with E-state index in [9.17, 15) is 0 Å². The van der Waals surface area contributed by atoms with Gasteiger partial charge < -0.3 is 14.8 Å². The zero-order chi connectivity index (χ0) is 11.6. The molecule has 3 nitrogen and oxygen atoms in total. The van der Waals surface area contributed by atoms with Crippen LogP contribution < -0.4 is 5.32 Å². The highest BCUT2D eigenvalue weighted by molar-refractivity contribution is 5.06. The van der Waals surface area contributed by atoms with E-state index in [1.54, 1.807) is 7.11 Å². The second kappa shape index (κ2) is 8.74. The summed E-state index contributed by atoms with van der Waals surface area (Å²) in [5.74, 6) is 0.632. The molecular formula is C13H25NO2. The Balaban J connectivity index is 2.24. The van der Waals surface area contributed by atoms with Gasteiger partial charge in [-0.25, -0.2) is 0 Å². The fourth-order valence-electron chi connectivity index (χ4n) is 1.96. The molecule has 0 aromatic rings. The fourth-order valence-corrected chi connectivity index (χ4v) is 1.96. The Morgan fingerprint density at radius 1 is 1.56 bits per heavy atom. The molecular weight excluding hydrogens is 202 g/mol. The molecule has 0 spiro atoms. The molecule has 1 heterocycles. The van der Waals surface area contributed by atoms with Gasteiger partial charge >= 0.3 is 0 Å². The van der Waals surface area contributed by atoms with Crippen LogP contribution in [-0.2, 0) is 9.47 Å². The van der Waals surface area contributed by atoms with Crippen LogP contribution in [0, 0.1) is 5.92 Å². The molecule has 0 aromatic carbocycles. The van der Waals surface area contributed by atoms with Crippen molar-refractivity contribution < 1.29 is 9.47 Å². The number of methoxy groups -OCH3 is 1. The van der Waals surface area contributed by atoms with E-state index < -0.39 is 0 Å². The Hall–Kier alpha value is -0.380. The molecule has 94 valence electrons. The number of nitrogens with one attached hydrogen (secondary N) is 1. The lowest BCUT2D eigenvalue weighted by Gasteiger charge is -2.20. The first-order valence-electron chi connectivity index (χ1n) is 6.33. The Labute approximate surface area is 99.2 Å². The van der Waals surface area contributed by atoms with Crippen LogP contribution in [0.25, 0.3) is 0 Å². The first kappa shape index (κ1) is 13.7. The van der Waals surface area contributed by atoms with Crippen molar-refractivity contribution in [1.82, 2.24) is 5.32 Å². The Kier molecular flexibility index (Phi) is 7.47. The molecule has 1 saturated heterocycles. The first-order chi connectivity index (χ1) is 7.86. The summed E-state index contributed by atoms with van der Waals surface area (Å²) < 4.78 is 10.5. The van der Waals surface area contributed by atoms with Gasteiger partial charge in [0.1, 0.15) is 0 Å². The number of rotatable bonds is 7. The predicted octanol–water partition coefficient (Wildman–Crippen LogP) is 1.99. The standard InChI is InChI=1S/C13H25NO2/c1-3-12(10-14-6-8-15-2)9-13-5-4-7-16-11-13/h9,13-14H,3-8,10-11H2,1-2H3/b12-9-. The topological polar surface area (TPSA) is 30.5 Å². The molecule has 0 saturated carbocycles. The molecule has 0 amide bonds. The summed E-state index contributed by atoms with van der Waals surface area (Å²) >= 11 is 0. The van der Waals surface area contributed by atoms with Crippen LogP contribution in [0.4, 0.5) is 0 Å². The molecule has 1 unspecified atom stereocenters. The van der Waals surface area contributed by atoms with Gasteiger partial charge in [0.15, 0.2) is 0 Å². The van der Waals surface area contributed by atoms with Gasteiger partial charge in [0, 0.05) is 32.7 Å². The summed E-state index contributed by atoms with van der Waals surface area (Å²) in [7, 11) is 1.73. The third-order valence-electron chi connectivity index (χ3n) is 2.96. The highest BCUT2D eigenvalue weighted by Crippen LogP contribution is 2.17. The summed E-state index contributed by atoms with van der Waals surface area (Å²) in [4.78, 5) is 0. The second-order valence-electron chi connectivity index (χ2n) is 4.33. The van der Waals surface area contributed by atoms with E-state index in [1.165, 1.54) is 18.4 Å². The van der Waals surface area contributed by atoms with Gasteiger partial charge in [0.2, 0.25) is 0 Å². The van der Waals surface area contributed by atoms with E-state index in [4.69, 9.17) is 9.47 Å². The van der Waals surface area contributed by atoms with E-state index in [0.717, 1.165) is 39.3 Å². The normalized spacial score (nSPS) is 22.4. The second-order valence-corrected chi connectivity index (χ2v) is 4.33. The summed E-state index contributed by atoms with van der Waals surface area (Å²) in [6, 6.07) is 0. The maximum Gasteiger partial charge on any atom is 0.0587 e. The van der Waals surface area contributed by atoms with Crippen molar-refractivity contribution in [1.29, 1.82) is 0 Å². The number of hydrogen-bond donors (Lipinski definition) is 1. The largest absolute Gasteiger partial charge is 0.383 e. The van der Waals surface area contributed by atoms with Crippen LogP contribution in [0.3, 0.4) is 0 Å². The number of hydrogen-bond acceptors (Lipinski definition) is 3. The third kappa shape index (κ3) is 5.64. The van der Waals surface area contributed by atoms with Crippen molar-refractivity contribution in [3.8, 4) is 0 Å². The number of ether oxygens (including phenoxy) is 2. The van der Waals surface area contributed by atoms with Gasteiger partial charge in [-0.1, -0.05) is 18.6 Å². The SMILES string of the molecule is CC/C(=C/C1CCCOC1)CNCCOC. The molecule has 16 heavy (non-hydrogen) atoms. The van der Waals surface area contributed by atoms with E-state index >= 15 is 0 Å². The lowest BCUT2D eigenvalue weighted by molar-refractivity contribution is 0.0707. The Bertz CT molecular complexity index is 198. The lowest BCUT2D eigenvalue weighted by Crippen LogP contribution is -2.23. The molecule has 0 bridgehead atoms. The minimum absolute atomic E-state index is 0.632. The third-order valence-corrected chi connectivity index (χ3v) is 2.96. The molecule has 1 aliphatic rings. The quantitative estimate of drug-likeness (QED) is 0.533. The van der Waals surface area contributed by atoms with Gasteiger partial charge in [0.25, 0.3) is 0 Å². The Morgan fingerprint density at radius 2 is 2.44 bits per heavy atom. The summed E-state index contributed by atoms with van der Waals surface area (Å²) in [5, 5.41) is 3.39.